The number of nitrogen functional groups attached to an aromatic ring is 1. The zero-order valence-electron chi connectivity index (χ0n) is 9.35. The predicted octanol–water partition coefficient (Wildman–Crippen LogP) is 0.426. The lowest BCUT2D eigenvalue weighted by molar-refractivity contribution is -0.138. The Labute approximate surface area is 101 Å². The van der Waals surface area contributed by atoms with Crippen molar-refractivity contribution >= 4 is 5.82 Å². The number of aromatic nitrogens is 1. The van der Waals surface area contributed by atoms with Gasteiger partial charge < -0.3 is 21.7 Å². The summed E-state index contributed by atoms with van der Waals surface area (Å²) in [7, 11) is 0. The molecule has 0 radical (unpaired) electrons. The van der Waals surface area contributed by atoms with Crippen LogP contribution in [0.2, 0.25) is 0 Å². The first kappa shape index (κ1) is 14.7. The second-order valence-electron chi connectivity index (χ2n) is 3.79. The highest BCUT2D eigenvalue weighted by molar-refractivity contribution is 5.43. The van der Waals surface area contributed by atoms with Gasteiger partial charge in [-0.1, -0.05) is 0 Å². The number of anilines is 1. The molecule has 1 aromatic rings. The van der Waals surface area contributed by atoms with E-state index in [1.807, 2.05) is 0 Å². The van der Waals surface area contributed by atoms with Crippen LogP contribution in [0.15, 0.2) is 12.3 Å². The van der Waals surface area contributed by atoms with E-state index < -0.39 is 23.9 Å². The Morgan fingerprint density at radius 2 is 1.94 bits per heavy atom. The average molecular weight is 265 g/mol. The van der Waals surface area contributed by atoms with Crippen LogP contribution in [0.5, 0.6) is 0 Å². The highest BCUT2D eigenvalue weighted by Gasteiger charge is 2.33. The van der Waals surface area contributed by atoms with Crippen LogP contribution < -0.4 is 11.5 Å². The lowest BCUT2D eigenvalue weighted by atomic mass is 10.0. The van der Waals surface area contributed by atoms with Gasteiger partial charge in [0.05, 0.1) is 11.7 Å². The summed E-state index contributed by atoms with van der Waals surface area (Å²) in [5, 5.41) is 19.2. The smallest absolute Gasteiger partial charge is 0.390 e. The molecule has 0 saturated carbocycles. The van der Waals surface area contributed by atoms with Crippen molar-refractivity contribution in [1.82, 2.24) is 4.98 Å². The summed E-state index contributed by atoms with van der Waals surface area (Å²) in [6.07, 6.45) is -6.82. The number of halogens is 3. The summed E-state index contributed by atoms with van der Waals surface area (Å²) in [4.78, 5) is 3.36. The Morgan fingerprint density at radius 3 is 2.44 bits per heavy atom. The van der Waals surface area contributed by atoms with E-state index in [2.05, 4.69) is 4.98 Å². The number of alkyl halides is 3. The minimum atomic E-state index is -4.59. The number of hydrogen-bond acceptors (Lipinski definition) is 5. The van der Waals surface area contributed by atoms with Crippen LogP contribution in [0, 0.1) is 0 Å². The summed E-state index contributed by atoms with van der Waals surface area (Å²) in [5.41, 5.74) is 9.28. The third kappa shape index (κ3) is 3.31. The van der Waals surface area contributed by atoms with Crippen LogP contribution in [0.3, 0.4) is 0 Å². The van der Waals surface area contributed by atoms with Crippen molar-refractivity contribution < 1.29 is 23.4 Å². The number of aliphatic hydroxyl groups excluding tert-OH is 2. The van der Waals surface area contributed by atoms with Gasteiger partial charge in [0, 0.05) is 11.8 Å². The molecule has 0 aromatic carbocycles. The lowest BCUT2D eigenvalue weighted by Crippen LogP contribution is -2.23. The number of nitrogens with zero attached hydrogens (tertiary/aromatic N) is 1. The topological polar surface area (TPSA) is 105 Å². The monoisotopic (exact) mass is 265 g/mol. The molecule has 2 atom stereocenters. The van der Waals surface area contributed by atoms with Gasteiger partial charge in [-0.05, 0) is 19.0 Å². The fourth-order valence-corrected chi connectivity index (χ4v) is 1.42. The number of nitrogens with two attached hydrogens (primary N) is 2. The number of pyridine rings is 1. The Kier molecular flexibility index (Phi) is 4.49. The van der Waals surface area contributed by atoms with E-state index in [9.17, 15) is 23.4 Å². The van der Waals surface area contributed by atoms with E-state index in [1.54, 1.807) is 0 Å². The Bertz CT molecular complexity index is 412. The van der Waals surface area contributed by atoms with E-state index in [4.69, 9.17) is 11.5 Å². The van der Waals surface area contributed by atoms with E-state index in [1.165, 1.54) is 0 Å². The number of rotatable bonds is 4. The first-order valence-electron chi connectivity index (χ1n) is 5.16. The van der Waals surface area contributed by atoms with E-state index in [0.717, 1.165) is 0 Å². The highest BCUT2D eigenvalue weighted by atomic mass is 19.4. The van der Waals surface area contributed by atoms with Gasteiger partial charge in [0.1, 0.15) is 11.9 Å². The molecule has 0 aliphatic rings. The molecule has 1 rings (SSSR count). The second kappa shape index (κ2) is 5.51. The summed E-state index contributed by atoms with van der Waals surface area (Å²) in [6, 6.07) is 0.673. The van der Waals surface area contributed by atoms with Gasteiger partial charge in [-0.2, -0.15) is 13.2 Å². The van der Waals surface area contributed by atoms with Crippen molar-refractivity contribution in [2.24, 2.45) is 5.73 Å². The van der Waals surface area contributed by atoms with Gasteiger partial charge in [-0.25, -0.2) is 4.98 Å². The van der Waals surface area contributed by atoms with Crippen molar-refractivity contribution in [3.05, 3.63) is 23.4 Å². The van der Waals surface area contributed by atoms with Gasteiger partial charge in [-0.15, -0.1) is 0 Å². The molecule has 6 N–H and O–H groups in total. The average Bonchev–Trinajstić information content (AvgIpc) is 2.27. The molecule has 2 unspecified atom stereocenters. The molecule has 1 heterocycles. The number of aliphatic hydroxyl groups is 2. The summed E-state index contributed by atoms with van der Waals surface area (Å²) >= 11 is 0. The molecule has 102 valence electrons. The maximum atomic E-state index is 12.5. The van der Waals surface area contributed by atoms with Gasteiger partial charge >= 0.3 is 6.18 Å². The maximum Gasteiger partial charge on any atom is 0.417 e. The molecule has 0 bridgehead atoms. The molecule has 18 heavy (non-hydrogen) atoms. The number of hydrogen-bond donors (Lipinski definition) is 4. The third-order valence-corrected chi connectivity index (χ3v) is 2.42. The Balaban J connectivity index is 3.08. The van der Waals surface area contributed by atoms with Crippen molar-refractivity contribution in [3.63, 3.8) is 0 Å². The van der Waals surface area contributed by atoms with Crippen molar-refractivity contribution in [2.75, 3.05) is 12.3 Å². The van der Waals surface area contributed by atoms with Crippen LogP contribution in [0.1, 0.15) is 23.7 Å². The van der Waals surface area contributed by atoms with Gasteiger partial charge in [0.25, 0.3) is 0 Å². The van der Waals surface area contributed by atoms with Crippen LogP contribution in [0.25, 0.3) is 0 Å². The molecule has 0 fully saturated rings. The minimum Gasteiger partial charge on any atom is -0.390 e. The third-order valence-electron chi connectivity index (χ3n) is 2.42. The fourth-order valence-electron chi connectivity index (χ4n) is 1.42. The highest BCUT2D eigenvalue weighted by Crippen LogP contribution is 2.32. The van der Waals surface area contributed by atoms with Gasteiger partial charge in [0.15, 0.2) is 0 Å². The summed E-state index contributed by atoms with van der Waals surface area (Å²) < 4.78 is 37.4. The predicted molar refractivity (Wildman–Crippen MR) is 58.3 cm³/mol. The molecular weight excluding hydrogens is 251 g/mol. The minimum absolute atomic E-state index is 0.0385. The van der Waals surface area contributed by atoms with Crippen LogP contribution in [0.4, 0.5) is 19.0 Å². The zero-order chi connectivity index (χ0) is 13.9. The molecule has 8 heteroatoms. The van der Waals surface area contributed by atoms with Crippen LogP contribution >= 0.6 is 0 Å². The molecule has 0 aliphatic carbocycles. The fraction of sp³-hybridized carbons (Fsp3) is 0.500. The molecule has 0 aliphatic heterocycles. The molecule has 1 aromatic heterocycles. The van der Waals surface area contributed by atoms with Gasteiger partial charge in [-0.3, -0.25) is 0 Å². The SMILES string of the molecule is NCCC(O)C(O)c1cc(C(F)(F)F)cnc1N. The normalized spacial score (nSPS) is 15.4. The first-order valence-corrected chi connectivity index (χ1v) is 5.16. The van der Waals surface area contributed by atoms with E-state index in [0.29, 0.717) is 12.3 Å². The molecule has 0 saturated heterocycles. The second-order valence-corrected chi connectivity index (χ2v) is 3.79. The molecule has 5 nitrogen and oxygen atoms in total. The quantitative estimate of drug-likeness (QED) is 0.631. The van der Waals surface area contributed by atoms with Gasteiger partial charge in [0.2, 0.25) is 0 Å². The van der Waals surface area contributed by atoms with Crippen molar-refractivity contribution in [1.29, 1.82) is 0 Å². The molecule has 0 spiro atoms. The van der Waals surface area contributed by atoms with E-state index >= 15 is 0 Å². The first-order chi connectivity index (χ1) is 8.27. The Morgan fingerprint density at radius 1 is 1.33 bits per heavy atom. The zero-order valence-corrected chi connectivity index (χ0v) is 9.35. The van der Waals surface area contributed by atoms with Crippen molar-refractivity contribution in [3.8, 4) is 0 Å². The largest absolute Gasteiger partial charge is 0.417 e. The van der Waals surface area contributed by atoms with E-state index in [-0.39, 0.29) is 24.3 Å². The summed E-state index contributed by atoms with van der Waals surface area (Å²) in [5.74, 6) is -0.258. The van der Waals surface area contributed by atoms with Crippen LogP contribution in [-0.2, 0) is 6.18 Å². The standard InChI is InChI=1S/C10H14F3N3O2/c11-10(12,13)5-3-6(9(15)16-4-5)8(18)7(17)1-2-14/h3-4,7-8,17-18H,1-2,14H2,(H2,15,16). The lowest BCUT2D eigenvalue weighted by Gasteiger charge is -2.19. The molecular formula is C10H14F3N3O2. The van der Waals surface area contributed by atoms with Crippen LogP contribution in [-0.4, -0.2) is 27.8 Å². The Hall–Kier alpha value is -1.38. The molecule has 0 amide bonds. The summed E-state index contributed by atoms with van der Waals surface area (Å²) in [6.45, 7) is 0.0878. The van der Waals surface area contributed by atoms with Crippen molar-refractivity contribution in [2.45, 2.75) is 24.8 Å². The maximum absolute atomic E-state index is 12.5.